The van der Waals surface area contributed by atoms with Crippen molar-refractivity contribution in [3.8, 4) is 5.75 Å². The average Bonchev–Trinajstić information content (AvgIpc) is 2.42. The fraction of sp³-hybridized carbons (Fsp3) is 0.647. The van der Waals surface area contributed by atoms with Crippen LogP contribution in [0.5, 0.6) is 5.75 Å². The highest BCUT2D eigenvalue weighted by molar-refractivity contribution is 5.38. The Morgan fingerprint density at radius 2 is 2.05 bits per heavy atom. The summed E-state index contributed by atoms with van der Waals surface area (Å²) in [6.07, 6.45) is 4.79. The molecule has 1 atom stereocenters. The molecule has 0 heterocycles. The topological polar surface area (TPSA) is 26.7 Å². The zero-order valence-corrected chi connectivity index (χ0v) is 13.1. The molecule has 0 fully saturated rings. The lowest BCUT2D eigenvalue weighted by Gasteiger charge is -2.35. The molecule has 0 saturated carbocycles. The summed E-state index contributed by atoms with van der Waals surface area (Å²) in [6.45, 7) is 5.65. The fourth-order valence-corrected chi connectivity index (χ4v) is 3.28. The van der Waals surface area contributed by atoms with Crippen LogP contribution in [-0.2, 0) is 6.42 Å². The predicted octanol–water partition coefficient (Wildman–Crippen LogP) is 3.04. The minimum Gasteiger partial charge on any atom is -0.508 e. The zero-order chi connectivity index (χ0) is 14.5. The molecular formula is C17H28N2O. The molecule has 0 saturated heterocycles. The summed E-state index contributed by atoms with van der Waals surface area (Å²) in [5, 5.41) is 9.65. The smallest absolute Gasteiger partial charge is 0.115 e. The van der Waals surface area contributed by atoms with Crippen LogP contribution < -0.4 is 0 Å². The normalized spacial score (nSPS) is 18.6. The number of hydrogen-bond acceptors (Lipinski definition) is 3. The van der Waals surface area contributed by atoms with Gasteiger partial charge in [-0.15, -0.1) is 0 Å². The predicted molar refractivity (Wildman–Crippen MR) is 84.2 cm³/mol. The van der Waals surface area contributed by atoms with Crippen LogP contribution in [0.15, 0.2) is 18.2 Å². The number of hydrogen-bond donors (Lipinski definition) is 1. The molecule has 1 unspecified atom stereocenters. The molecular weight excluding hydrogens is 248 g/mol. The van der Waals surface area contributed by atoms with Crippen molar-refractivity contribution in [1.29, 1.82) is 0 Å². The highest BCUT2D eigenvalue weighted by Crippen LogP contribution is 2.35. The van der Waals surface area contributed by atoms with E-state index in [1.807, 2.05) is 12.1 Å². The largest absolute Gasteiger partial charge is 0.508 e. The van der Waals surface area contributed by atoms with Crippen LogP contribution in [0.2, 0.25) is 0 Å². The molecule has 0 aliphatic heterocycles. The van der Waals surface area contributed by atoms with Crippen LogP contribution in [-0.4, -0.2) is 48.6 Å². The first kappa shape index (κ1) is 15.3. The van der Waals surface area contributed by atoms with Gasteiger partial charge in [-0.25, -0.2) is 0 Å². The monoisotopic (exact) mass is 276 g/mol. The summed E-state index contributed by atoms with van der Waals surface area (Å²) in [5.74, 6) is 0.403. The maximum Gasteiger partial charge on any atom is 0.115 e. The van der Waals surface area contributed by atoms with Crippen molar-refractivity contribution in [2.75, 3.05) is 33.7 Å². The molecule has 2 rings (SSSR count). The second-order valence-corrected chi connectivity index (χ2v) is 6.08. The van der Waals surface area contributed by atoms with Gasteiger partial charge in [-0.05, 0) is 82.7 Å². The van der Waals surface area contributed by atoms with Gasteiger partial charge in [0.05, 0.1) is 0 Å². The number of nitrogens with zero attached hydrogens (tertiary/aromatic N) is 2. The molecule has 0 aromatic heterocycles. The Kier molecular flexibility index (Phi) is 5.44. The van der Waals surface area contributed by atoms with Crippen molar-refractivity contribution in [1.82, 2.24) is 9.80 Å². The summed E-state index contributed by atoms with van der Waals surface area (Å²) < 4.78 is 0. The van der Waals surface area contributed by atoms with Crippen molar-refractivity contribution >= 4 is 0 Å². The molecule has 0 amide bonds. The van der Waals surface area contributed by atoms with E-state index in [1.54, 1.807) is 0 Å². The number of fused-ring (bicyclic) bond motifs is 1. The second-order valence-electron chi connectivity index (χ2n) is 6.08. The van der Waals surface area contributed by atoms with Crippen LogP contribution in [0.4, 0.5) is 0 Å². The van der Waals surface area contributed by atoms with Crippen molar-refractivity contribution in [3.05, 3.63) is 29.3 Å². The van der Waals surface area contributed by atoms with E-state index in [1.165, 1.54) is 30.4 Å². The minimum absolute atomic E-state index is 0.403. The van der Waals surface area contributed by atoms with Gasteiger partial charge in [0.25, 0.3) is 0 Å². The first-order chi connectivity index (χ1) is 9.61. The quantitative estimate of drug-likeness (QED) is 0.865. The lowest BCUT2D eigenvalue weighted by Crippen LogP contribution is -2.33. The number of rotatable bonds is 6. The Balaban J connectivity index is 2.07. The van der Waals surface area contributed by atoms with Crippen molar-refractivity contribution in [2.45, 2.75) is 38.6 Å². The third-order valence-corrected chi connectivity index (χ3v) is 4.31. The Morgan fingerprint density at radius 1 is 1.25 bits per heavy atom. The molecule has 0 radical (unpaired) electrons. The molecule has 1 aliphatic carbocycles. The van der Waals surface area contributed by atoms with Gasteiger partial charge in [0, 0.05) is 6.04 Å². The van der Waals surface area contributed by atoms with E-state index in [0.29, 0.717) is 11.8 Å². The maximum atomic E-state index is 9.65. The molecule has 112 valence electrons. The molecule has 0 spiro atoms. The Hall–Kier alpha value is -1.06. The zero-order valence-electron chi connectivity index (χ0n) is 13.1. The molecule has 1 N–H and O–H groups in total. The highest BCUT2D eigenvalue weighted by Gasteiger charge is 2.24. The first-order valence-electron chi connectivity index (χ1n) is 7.82. The minimum atomic E-state index is 0.403. The number of aryl methyl sites for hydroxylation is 1. The van der Waals surface area contributed by atoms with Crippen LogP contribution in [0.25, 0.3) is 0 Å². The van der Waals surface area contributed by atoms with E-state index >= 15 is 0 Å². The summed E-state index contributed by atoms with van der Waals surface area (Å²) in [7, 11) is 4.27. The molecule has 3 nitrogen and oxygen atoms in total. The second kappa shape index (κ2) is 7.09. The summed E-state index contributed by atoms with van der Waals surface area (Å²) >= 11 is 0. The summed E-state index contributed by atoms with van der Waals surface area (Å²) in [5.41, 5.74) is 2.77. The van der Waals surface area contributed by atoms with E-state index < -0.39 is 0 Å². The van der Waals surface area contributed by atoms with E-state index in [9.17, 15) is 5.11 Å². The van der Waals surface area contributed by atoms with Crippen LogP contribution in [0, 0.1) is 0 Å². The summed E-state index contributed by atoms with van der Waals surface area (Å²) in [6, 6.07) is 6.45. The molecule has 3 heteroatoms. The Labute approximate surface area is 123 Å². The van der Waals surface area contributed by atoms with Gasteiger partial charge in [0.2, 0.25) is 0 Å². The Morgan fingerprint density at radius 3 is 2.75 bits per heavy atom. The fourth-order valence-electron chi connectivity index (χ4n) is 3.28. The number of benzene rings is 1. The van der Waals surface area contributed by atoms with Gasteiger partial charge in [0.15, 0.2) is 0 Å². The van der Waals surface area contributed by atoms with Gasteiger partial charge in [0.1, 0.15) is 5.75 Å². The summed E-state index contributed by atoms with van der Waals surface area (Å²) in [4.78, 5) is 4.85. The number of phenolic OH excluding ortho intramolecular Hbond substituents is 1. The van der Waals surface area contributed by atoms with Crippen LogP contribution >= 0.6 is 0 Å². The van der Waals surface area contributed by atoms with E-state index in [2.05, 4.69) is 36.9 Å². The third kappa shape index (κ3) is 3.74. The van der Waals surface area contributed by atoms with Gasteiger partial charge < -0.3 is 10.0 Å². The standard InChI is InChI=1S/C17H28N2O/c1-4-19(12-6-11-18(2)3)17-8-5-7-14-13-15(20)9-10-16(14)17/h9-10,13,17,20H,4-8,11-12H2,1-3H3. The lowest BCUT2D eigenvalue weighted by molar-refractivity contribution is 0.179. The number of aromatic hydroxyl groups is 1. The van der Waals surface area contributed by atoms with E-state index in [-0.39, 0.29) is 0 Å². The molecule has 1 aromatic rings. The molecule has 1 aliphatic rings. The van der Waals surface area contributed by atoms with Crippen molar-refractivity contribution < 1.29 is 5.11 Å². The van der Waals surface area contributed by atoms with Gasteiger partial charge in [-0.1, -0.05) is 13.0 Å². The molecule has 20 heavy (non-hydrogen) atoms. The third-order valence-electron chi connectivity index (χ3n) is 4.31. The van der Waals surface area contributed by atoms with Crippen molar-refractivity contribution in [2.24, 2.45) is 0 Å². The average molecular weight is 276 g/mol. The first-order valence-corrected chi connectivity index (χ1v) is 7.82. The van der Waals surface area contributed by atoms with Crippen LogP contribution in [0.3, 0.4) is 0 Å². The van der Waals surface area contributed by atoms with Gasteiger partial charge in [-0.2, -0.15) is 0 Å². The van der Waals surface area contributed by atoms with Gasteiger partial charge >= 0.3 is 0 Å². The van der Waals surface area contributed by atoms with E-state index in [0.717, 1.165) is 26.1 Å². The SMILES string of the molecule is CCN(CCCN(C)C)C1CCCc2cc(O)ccc21. The van der Waals surface area contributed by atoms with E-state index in [4.69, 9.17) is 0 Å². The van der Waals surface area contributed by atoms with Crippen molar-refractivity contribution in [3.63, 3.8) is 0 Å². The Bertz CT molecular complexity index is 431. The molecule has 1 aromatic carbocycles. The van der Waals surface area contributed by atoms with Crippen LogP contribution in [0.1, 0.15) is 43.4 Å². The highest BCUT2D eigenvalue weighted by atomic mass is 16.3. The van der Waals surface area contributed by atoms with Gasteiger partial charge in [-0.3, -0.25) is 4.90 Å². The number of phenols is 1. The molecule has 0 bridgehead atoms. The lowest BCUT2D eigenvalue weighted by atomic mass is 9.86. The maximum absolute atomic E-state index is 9.65.